The molecule has 0 saturated carbocycles. The summed E-state index contributed by atoms with van der Waals surface area (Å²) in [4.78, 5) is 22.0. The fourth-order valence-corrected chi connectivity index (χ4v) is 0.891. The Morgan fingerprint density at radius 1 is 1.67 bits per heavy atom. The zero-order chi connectivity index (χ0) is 9.30. The third-order valence-corrected chi connectivity index (χ3v) is 1.46. The highest BCUT2D eigenvalue weighted by atomic mass is 16.2. The van der Waals surface area contributed by atoms with Crippen molar-refractivity contribution in [3.05, 3.63) is 22.9 Å². The van der Waals surface area contributed by atoms with Gasteiger partial charge in [-0.1, -0.05) is 6.58 Å². The first-order chi connectivity index (χ1) is 5.57. The molecule has 0 bridgehead atoms. The van der Waals surface area contributed by atoms with Crippen molar-refractivity contribution < 1.29 is 4.79 Å². The van der Waals surface area contributed by atoms with Crippen LogP contribution in [-0.2, 0) is 0 Å². The van der Waals surface area contributed by atoms with Gasteiger partial charge in [-0.15, -0.1) is 9.78 Å². The molecular formula is C7H9N3O2. The number of aromatic nitrogens is 3. The van der Waals surface area contributed by atoms with Crippen molar-refractivity contribution in [3.8, 4) is 0 Å². The first kappa shape index (κ1) is 8.45. The van der Waals surface area contributed by atoms with Crippen molar-refractivity contribution in [1.29, 1.82) is 0 Å². The van der Waals surface area contributed by atoms with E-state index in [4.69, 9.17) is 0 Å². The van der Waals surface area contributed by atoms with E-state index in [0.717, 1.165) is 4.68 Å². The number of rotatable bonds is 1. The molecule has 0 atom stereocenters. The van der Waals surface area contributed by atoms with E-state index >= 15 is 0 Å². The van der Waals surface area contributed by atoms with Gasteiger partial charge >= 0.3 is 5.69 Å². The zero-order valence-electron chi connectivity index (χ0n) is 6.94. The maximum absolute atomic E-state index is 11.2. The van der Waals surface area contributed by atoms with Crippen LogP contribution in [0, 0.1) is 6.92 Å². The van der Waals surface area contributed by atoms with Crippen LogP contribution in [0.3, 0.4) is 0 Å². The van der Waals surface area contributed by atoms with Crippen molar-refractivity contribution in [2.24, 2.45) is 0 Å². The van der Waals surface area contributed by atoms with Crippen LogP contribution in [-0.4, -0.2) is 20.3 Å². The van der Waals surface area contributed by atoms with Crippen LogP contribution in [0.25, 0.3) is 6.20 Å². The normalized spacial score (nSPS) is 9.83. The number of nitrogens with zero attached hydrogens (tertiary/aromatic N) is 3. The lowest BCUT2D eigenvalue weighted by Crippen LogP contribution is -2.26. The molecule has 0 fully saturated rings. The maximum Gasteiger partial charge on any atom is 0.357 e. The Morgan fingerprint density at radius 3 is 2.50 bits per heavy atom. The van der Waals surface area contributed by atoms with Crippen LogP contribution in [0.2, 0.25) is 0 Å². The van der Waals surface area contributed by atoms with Crippen LogP contribution in [0.4, 0.5) is 0 Å². The summed E-state index contributed by atoms with van der Waals surface area (Å²) in [5, 5.41) is 3.73. The lowest BCUT2D eigenvalue weighted by atomic mass is 10.7. The van der Waals surface area contributed by atoms with Crippen LogP contribution in [0.1, 0.15) is 17.5 Å². The Balaban J connectivity index is 3.47. The summed E-state index contributed by atoms with van der Waals surface area (Å²) >= 11 is 0. The molecule has 0 aromatic carbocycles. The molecule has 1 aromatic heterocycles. The molecule has 0 aliphatic heterocycles. The highest BCUT2D eigenvalue weighted by Gasteiger charge is 2.09. The first-order valence-corrected chi connectivity index (χ1v) is 3.39. The Bertz CT molecular complexity index is 386. The molecule has 1 aromatic rings. The lowest BCUT2D eigenvalue weighted by molar-refractivity contribution is 0.0916. The van der Waals surface area contributed by atoms with Gasteiger partial charge in [-0.2, -0.15) is 0 Å². The van der Waals surface area contributed by atoms with Crippen molar-refractivity contribution >= 4 is 12.1 Å². The summed E-state index contributed by atoms with van der Waals surface area (Å²) in [6.07, 6.45) is 1.32. The van der Waals surface area contributed by atoms with E-state index in [2.05, 4.69) is 11.7 Å². The Hall–Kier alpha value is -1.65. The van der Waals surface area contributed by atoms with E-state index < -0.39 is 11.6 Å². The highest BCUT2D eigenvalue weighted by molar-refractivity contribution is 5.74. The quantitative estimate of drug-likeness (QED) is 0.596. The summed E-state index contributed by atoms with van der Waals surface area (Å²) < 4.78 is 2.01. The van der Waals surface area contributed by atoms with Gasteiger partial charge in [0.2, 0.25) is 5.91 Å². The van der Waals surface area contributed by atoms with Gasteiger partial charge < -0.3 is 0 Å². The fraction of sp³-hybridized carbons (Fsp3) is 0.286. The number of aryl methyl sites for hydroxylation is 1. The van der Waals surface area contributed by atoms with Crippen molar-refractivity contribution in [1.82, 2.24) is 14.3 Å². The molecule has 0 amide bonds. The predicted molar refractivity (Wildman–Crippen MR) is 43.9 cm³/mol. The van der Waals surface area contributed by atoms with Gasteiger partial charge in [0.1, 0.15) is 5.82 Å². The van der Waals surface area contributed by atoms with Gasteiger partial charge in [-0.05, 0) is 6.92 Å². The van der Waals surface area contributed by atoms with E-state index in [1.165, 1.54) is 17.7 Å². The minimum atomic E-state index is -0.477. The van der Waals surface area contributed by atoms with Crippen molar-refractivity contribution in [2.75, 3.05) is 0 Å². The minimum absolute atomic E-state index is 0.399. The molecule has 5 nitrogen and oxygen atoms in total. The molecule has 0 saturated heterocycles. The Kier molecular flexibility index (Phi) is 1.95. The van der Waals surface area contributed by atoms with Crippen LogP contribution in [0.5, 0.6) is 0 Å². The number of hydrogen-bond donors (Lipinski definition) is 0. The van der Waals surface area contributed by atoms with Gasteiger partial charge in [-0.25, -0.2) is 4.79 Å². The molecule has 12 heavy (non-hydrogen) atoms. The smallest absolute Gasteiger partial charge is 0.273 e. The average Bonchev–Trinajstić information content (AvgIpc) is 2.27. The molecule has 0 aliphatic rings. The van der Waals surface area contributed by atoms with Gasteiger partial charge in [0.15, 0.2) is 0 Å². The lowest BCUT2D eigenvalue weighted by Gasteiger charge is -1.87. The van der Waals surface area contributed by atoms with E-state index in [1.54, 1.807) is 6.92 Å². The van der Waals surface area contributed by atoms with Crippen molar-refractivity contribution in [2.45, 2.75) is 13.8 Å². The number of carbonyl (C=O) groups is 1. The largest absolute Gasteiger partial charge is 0.357 e. The molecule has 1 rings (SSSR count). The number of carbonyl (C=O) groups excluding carboxylic acids is 1. The van der Waals surface area contributed by atoms with Gasteiger partial charge in [0.05, 0.1) is 0 Å². The van der Waals surface area contributed by atoms with Crippen LogP contribution < -0.4 is 5.69 Å². The standard InChI is InChI=1S/C7H9N3O2/c1-4-9-5(2)8-10(6(3)11)7(9)12/h4H,1H2,2-3H3. The van der Waals surface area contributed by atoms with E-state index in [1.807, 2.05) is 0 Å². The highest BCUT2D eigenvalue weighted by Crippen LogP contribution is 1.89. The topological polar surface area (TPSA) is 56.9 Å². The minimum Gasteiger partial charge on any atom is -0.273 e. The molecule has 0 N–H and O–H groups in total. The van der Waals surface area contributed by atoms with E-state index in [0.29, 0.717) is 5.82 Å². The zero-order valence-corrected chi connectivity index (χ0v) is 6.94. The summed E-state index contributed by atoms with van der Waals surface area (Å²) in [5.41, 5.74) is -0.477. The summed E-state index contributed by atoms with van der Waals surface area (Å²) in [6.45, 7) is 6.33. The third kappa shape index (κ3) is 1.09. The first-order valence-electron chi connectivity index (χ1n) is 3.39. The third-order valence-electron chi connectivity index (χ3n) is 1.46. The van der Waals surface area contributed by atoms with Gasteiger partial charge in [0.25, 0.3) is 0 Å². The maximum atomic E-state index is 11.2. The van der Waals surface area contributed by atoms with E-state index in [9.17, 15) is 9.59 Å². The number of hydrogen-bond acceptors (Lipinski definition) is 3. The van der Waals surface area contributed by atoms with Crippen LogP contribution in [0.15, 0.2) is 11.4 Å². The predicted octanol–water partition coefficient (Wildman–Crippen LogP) is 0.114. The van der Waals surface area contributed by atoms with Gasteiger partial charge in [-0.3, -0.25) is 9.36 Å². The van der Waals surface area contributed by atoms with Crippen LogP contribution >= 0.6 is 0 Å². The molecule has 0 unspecified atom stereocenters. The Labute approximate surface area is 68.9 Å². The second kappa shape index (κ2) is 2.77. The summed E-state index contributed by atoms with van der Waals surface area (Å²) in [5.74, 6) is 0.0499. The molecule has 0 aliphatic carbocycles. The second-order valence-corrected chi connectivity index (χ2v) is 2.31. The summed E-state index contributed by atoms with van der Waals surface area (Å²) in [6, 6.07) is 0. The SMILES string of the molecule is C=Cn1c(C)nn(C(C)=O)c1=O. The fourth-order valence-electron chi connectivity index (χ4n) is 0.891. The molecule has 5 heteroatoms. The van der Waals surface area contributed by atoms with Gasteiger partial charge in [0, 0.05) is 13.1 Å². The summed E-state index contributed by atoms with van der Waals surface area (Å²) in [7, 11) is 0. The molecular weight excluding hydrogens is 158 g/mol. The molecule has 1 heterocycles. The average molecular weight is 167 g/mol. The molecule has 64 valence electrons. The second-order valence-electron chi connectivity index (χ2n) is 2.31. The molecule has 0 radical (unpaired) electrons. The van der Waals surface area contributed by atoms with Crippen molar-refractivity contribution in [3.63, 3.8) is 0 Å². The molecule has 0 spiro atoms. The monoisotopic (exact) mass is 167 g/mol. The van der Waals surface area contributed by atoms with E-state index in [-0.39, 0.29) is 0 Å². The Morgan fingerprint density at radius 2 is 2.25 bits per heavy atom.